The Bertz CT molecular complexity index is 241. The van der Waals surface area contributed by atoms with Crippen molar-refractivity contribution in [2.75, 3.05) is 59.1 Å². The predicted octanol–water partition coefficient (Wildman–Crippen LogP) is 2.82. The quantitative estimate of drug-likeness (QED) is 0.322. The molecular formula is C17H36O5S. The van der Waals surface area contributed by atoms with Gasteiger partial charge in [-0.1, -0.05) is 13.8 Å². The van der Waals surface area contributed by atoms with Crippen molar-refractivity contribution >= 4 is 12.6 Å². The molecule has 0 spiro atoms. The van der Waals surface area contributed by atoms with E-state index in [-0.39, 0.29) is 12.2 Å². The minimum absolute atomic E-state index is 0.177. The van der Waals surface area contributed by atoms with Crippen LogP contribution >= 0.6 is 12.6 Å². The maximum Gasteiger partial charge on any atom is 0.0704 e. The molecule has 0 heterocycles. The molecule has 140 valence electrons. The van der Waals surface area contributed by atoms with Gasteiger partial charge in [-0.05, 0) is 31.4 Å². The summed E-state index contributed by atoms with van der Waals surface area (Å²) in [6.07, 6.45) is 2.21. The first kappa shape index (κ1) is 23.1. The van der Waals surface area contributed by atoms with Gasteiger partial charge in [-0.25, -0.2) is 0 Å². The smallest absolute Gasteiger partial charge is 0.0704 e. The predicted molar refractivity (Wildman–Crippen MR) is 96.6 cm³/mol. The lowest BCUT2D eigenvalue weighted by molar-refractivity contribution is -0.0416. The maximum absolute atomic E-state index is 5.89. The number of thiol groups is 1. The molecule has 0 saturated heterocycles. The van der Waals surface area contributed by atoms with Crippen molar-refractivity contribution in [3.8, 4) is 0 Å². The van der Waals surface area contributed by atoms with E-state index in [0.717, 1.165) is 25.2 Å². The summed E-state index contributed by atoms with van der Waals surface area (Å²) >= 11 is 4.31. The summed E-state index contributed by atoms with van der Waals surface area (Å²) in [7, 11) is 1.66. The molecular weight excluding hydrogens is 316 g/mol. The average molecular weight is 353 g/mol. The summed E-state index contributed by atoms with van der Waals surface area (Å²) in [4.78, 5) is 0. The van der Waals surface area contributed by atoms with Crippen LogP contribution in [-0.4, -0.2) is 71.3 Å². The van der Waals surface area contributed by atoms with Crippen molar-refractivity contribution in [3.63, 3.8) is 0 Å². The van der Waals surface area contributed by atoms with Gasteiger partial charge in [0.1, 0.15) is 0 Å². The molecule has 0 radical (unpaired) electrons. The van der Waals surface area contributed by atoms with Gasteiger partial charge < -0.3 is 23.7 Å². The highest BCUT2D eigenvalue weighted by Crippen LogP contribution is 2.12. The van der Waals surface area contributed by atoms with Crippen molar-refractivity contribution in [2.24, 2.45) is 5.92 Å². The SMILES string of the molecule is COCCOCCOCCOC(CCS)CC(C)OCC(C)C. The van der Waals surface area contributed by atoms with E-state index in [1.807, 2.05) is 0 Å². The normalized spacial score (nSPS) is 14.3. The molecule has 6 heteroatoms. The molecule has 0 aliphatic carbocycles. The van der Waals surface area contributed by atoms with Crippen molar-refractivity contribution in [1.29, 1.82) is 0 Å². The van der Waals surface area contributed by atoms with E-state index in [1.54, 1.807) is 7.11 Å². The van der Waals surface area contributed by atoms with E-state index in [0.29, 0.717) is 45.6 Å². The van der Waals surface area contributed by atoms with E-state index < -0.39 is 0 Å². The molecule has 0 aromatic rings. The number of hydrogen-bond donors (Lipinski definition) is 1. The van der Waals surface area contributed by atoms with Crippen LogP contribution in [0.3, 0.4) is 0 Å². The number of methoxy groups -OCH3 is 1. The van der Waals surface area contributed by atoms with Crippen molar-refractivity contribution in [3.05, 3.63) is 0 Å². The van der Waals surface area contributed by atoms with Gasteiger partial charge >= 0.3 is 0 Å². The third-order valence-corrected chi connectivity index (χ3v) is 3.40. The van der Waals surface area contributed by atoms with Crippen LogP contribution in [0.25, 0.3) is 0 Å². The van der Waals surface area contributed by atoms with Crippen LogP contribution in [0.15, 0.2) is 0 Å². The summed E-state index contributed by atoms with van der Waals surface area (Å²) in [6, 6.07) is 0. The fourth-order valence-corrected chi connectivity index (χ4v) is 2.23. The van der Waals surface area contributed by atoms with E-state index in [9.17, 15) is 0 Å². The maximum atomic E-state index is 5.89. The minimum Gasteiger partial charge on any atom is -0.382 e. The molecule has 0 N–H and O–H groups in total. The lowest BCUT2D eigenvalue weighted by atomic mass is 10.1. The highest BCUT2D eigenvalue weighted by molar-refractivity contribution is 7.80. The zero-order chi connectivity index (χ0) is 17.3. The highest BCUT2D eigenvalue weighted by Gasteiger charge is 2.14. The fraction of sp³-hybridized carbons (Fsp3) is 1.00. The van der Waals surface area contributed by atoms with Gasteiger partial charge in [0, 0.05) is 13.7 Å². The second-order valence-electron chi connectivity index (χ2n) is 6.00. The first-order valence-electron chi connectivity index (χ1n) is 8.58. The average Bonchev–Trinajstić information content (AvgIpc) is 2.51. The highest BCUT2D eigenvalue weighted by atomic mass is 32.1. The topological polar surface area (TPSA) is 46.2 Å². The monoisotopic (exact) mass is 352 g/mol. The van der Waals surface area contributed by atoms with Gasteiger partial charge in [0.25, 0.3) is 0 Å². The van der Waals surface area contributed by atoms with Gasteiger partial charge in [-0.15, -0.1) is 0 Å². The Morgan fingerprint density at radius 3 is 2.00 bits per heavy atom. The Morgan fingerprint density at radius 2 is 1.43 bits per heavy atom. The molecule has 5 nitrogen and oxygen atoms in total. The molecule has 2 atom stereocenters. The van der Waals surface area contributed by atoms with E-state index in [4.69, 9.17) is 23.7 Å². The molecule has 0 amide bonds. The zero-order valence-corrected chi connectivity index (χ0v) is 16.2. The molecule has 23 heavy (non-hydrogen) atoms. The summed E-state index contributed by atoms with van der Waals surface area (Å²) < 4.78 is 27.4. The van der Waals surface area contributed by atoms with Gasteiger partial charge in [-0.2, -0.15) is 12.6 Å². The first-order valence-corrected chi connectivity index (χ1v) is 9.21. The number of hydrogen-bond acceptors (Lipinski definition) is 6. The van der Waals surface area contributed by atoms with Gasteiger partial charge in [0.2, 0.25) is 0 Å². The Hall–Kier alpha value is 0.150. The third-order valence-electron chi connectivity index (χ3n) is 3.14. The number of rotatable bonds is 17. The molecule has 0 aromatic heterocycles. The molecule has 0 bridgehead atoms. The van der Waals surface area contributed by atoms with Crippen LogP contribution in [0, 0.1) is 5.92 Å². The lowest BCUT2D eigenvalue weighted by Crippen LogP contribution is -2.24. The first-order chi connectivity index (χ1) is 11.1. The van der Waals surface area contributed by atoms with Crippen LogP contribution in [0.5, 0.6) is 0 Å². The second-order valence-corrected chi connectivity index (χ2v) is 6.44. The van der Waals surface area contributed by atoms with Crippen molar-refractivity contribution in [1.82, 2.24) is 0 Å². The van der Waals surface area contributed by atoms with Crippen LogP contribution in [-0.2, 0) is 23.7 Å². The molecule has 0 fully saturated rings. The lowest BCUT2D eigenvalue weighted by Gasteiger charge is -2.22. The van der Waals surface area contributed by atoms with E-state index in [2.05, 4.69) is 33.4 Å². The molecule has 0 saturated carbocycles. The molecule has 0 rings (SSSR count). The van der Waals surface area contributed by atoms with Gasteiger partial charge in [0.05, 0.1) is 51.8 Å². The molecule has 2 unspecified atom stereocenters. The Labute approximate surface area is 147 Å². The third kappa shape index (κ3) is 16.8. The van der Waals surface area contributed by atoms with Crippen LogP contribution < -0.4 is 0 Å². The van der Waals surface area contributed by atoms with Crippen LogP contribution in [0.1, 0.15) is 33.6 Å². The van der Waals surface area contributed by atoms with Crippen molar-refractivity contribution < 1.29 is 23.7 Å². The molecule has 0 aliphatic heterocycles. The molecule has 0 aliphatic rings. The summed E-state index contributed by atoms with van der Waals surface area (Å²) in [5.74, 6) is 1.37. The fourth-order valence-electron chi connectivity index (χ4n) is 1.95. The summed E-state index contributed by atoms with van der Waals surface area (Å²) in [5.41, 5.74) is 0. The van der Waals surface area contributed by atoms with Gasteiger partial charge in [-0.3, -0.25) is 0 Å². The van der Waals surface area contributed by atoms with Crippen molar-refractivity contribution in [2.45, 2.75) is 45.8 Å². The number of ether oxygens (including phenoxy) is 5. The Balaban J connectivity index is 3.63. The van der Waals surface area contributed by atoms with Crippen LogP contribution in [0.2, 0.25) is 0 Å². The van der Waals surface area contributed by atoms with Crippen LogP contribution in [0.4, 0.5) is 0 Å². The largest absolute Gasteiger partial charge is 0.382 e. The zero-order valence-electron chi connectivity index (χ0n) is 15.3. The molecule has 0 aromatic carbocycles. The standard InChI is InChI=1S/C17H36O5S/c1-15(2)14-22-16(3)13-17(5-12-23)21-11-10-20-9-8-19-7-6-18-4/h15-17,23H,5-14H2,1-4H3. The van der Waals surface area contributed by atoms with Gasteiger partial charge in [0.15, 0.2) is 0 Å². The Morgan fingerprint density at radius 1 is 0.826 bits per heavy atom. The second kappa shape index (κ2) is 17.0. The summed E-state index contributed by atoms with van der Waals surface area (Å²) in [5, 5.41) is 0. The summed E-state index contributed by atoms with van der Waals surface area (Å²) in [6.45, 7) is 10.8. The van der Waals surface area contributed by atoms with E-state index >= 15 is 0 Å². The minimum atomic E-state index is 0.177. The van der Waals surface area contributed by atoms with E-state index in [1.165, 1.54) is 0 Å². The Kier molecular flexibility index (Phi) is 17.1.